The molecule has 0 aliphatic heterocycles. The molecule has 0 radical (unpaired) electrons. The molecule has 24 heavy (non-hydrogen) atoms. The number of benzene rings is 2. The maximum absolute atomic E-state index is 12.5. The van der Waals surface area contributed by atoms with Crippen molar-refractivity contribution in [2.24, 2.45) is 0 Å². The molecule has 122 valence electrons. The molecule has 6 nitrogen and oxygen atoms in total. The van der Waals surface area contributed by atoms with E-state index in [2.05, 4.69) is 10.3 Å². The number of fused-ring (bicyclic) bond motifs is 1. The van der Waals surface area contributed by atoms with Crippen molar-refractivity contribution in [3.63, 3.8) is 0 Å². The third kappa shape index (κ3) is 2.87. The lowest BCUT2D eigenvalue weighted by Gasteiger charge is -2.11. The van der Waals surface area contributed by atoms with Crippen molar-refractivity contribution < 1.29 is 14.6 Å². The first kappa shape index (κ1) is 15.8. The van der Waals surface area contributed by atoms with Gasteiger partial charge in [-0.25, -0.2) is 0 Å². The normalized spacial score (nSPS) is 10.6. The number of methoxy groups -OCH3 is 1. The van der Waals surface area contributed by atoms with Gasteiger partial charge in [-0.15, -0.1) is 0 Å². The Labute approximate surface area is 137 Å². The molecule has 0 saturated heterocycles. The van der Waals surface area contributed by atoms with Crippen LogP contribution in [0.5, 0.6) is 5.75 Å². The lowest BCUT2D eigenvalue weighted by atomic mass is 10.0. The highest BCUT2D eigenvalue weighted by molar-refractivity contribution is 6.07. The molecular weight excluding hydrogens is 308 g/mol. The number of aliphatic hydroxyl groups excluding tert-OH is 1. The van der Waals surface area contributed by atoms with Crippen LogP contribution in [0, 0.1) is 0 Å². The van der Waals surface area contributed by atoms with Gasteiger partial charge in [0, 0.05) is 22.2 Å². The van der Waals surface area contributed by atoms with Crippen molar-refractivity contribution in [3.8, 4) is 5.75 Å². The SMILES string of the molecule is COc1ccc(NC(=O)c2c(CO)c3ccccc3[nH]c2=O)cc1. The number of pyridine rings is 1. The van der Waals surface area contributed by atoms with Crippen LogP contribution >= 0.6 is 0 Å². The van der Waals surface area contributed by atoms with E-state index in [-0.39, 0.29) is 5.56 Å². The first-order valence-electron chi connectivity index (χ1n) is 7.34. The highest BCUT2D eigenvalue weighted by Gasteiger charge is 2.19. The van der Waals surface area contributed by atoms with E-state index in [9.17, 15) is 14.7 Å². The number of carbonyl (C=O) groups is 1. The number of hydrogen-bond acceptors (Lipinski definition) is 4. The topological polar surface area (TPSA) is 91.4 Å². The van der Waals surface area contributed by atoms with Crippen LogP contribution in [0.15, 0.2) is 53.3 Å². The van der Waals surface area contributed by atoms with Crippen LogP contribution in [-0.4, -0.2) is 23.1 Å². The minimum Gasteiger partial charge on any atom is -0.497 e. The van der Waals surface area contributed by atoms with Gasteiger partial charge < -0.3 is 20.1 Å². The van der Waals surface area contributed by atoms with Crippen molar-refractivity contribution in [2.45, 2.75) is 6.61 Å². The number of aromatic nitrogens is 1. The molecule has 2 aromatic carbocycles. The summed E-state index contributed by atoms with van der Waals surface area (Å²) < 4.78 is 5.06. The van der Waals surface area contributed by atoms with Gasteiger partial charge in [0.15, 0.2) is 0 Å². The fraction of sp³-hybridized carbons (Fsp3) is 0.111. The van der Waals surface area contributed by atoms with Gasteiger partial charge in [-0.2, -0.15) is 0 Å². The lowest BCUT2D eigenvalue weighted by molar-refractivity contribution is 0.102. The van der Waals surface area contributed by atoms with E-state index in [0.29, 0.717) is 27.9 Å². The zero-order valence-corrected chi connectivity index (χ0v) is 13.0. The Kier molecular flexibility index (Phi) is 4.31. The molecule has 0 aliphatic rings. The lowest BCUT2D eigenvalue weighted by Crippen LogP contribution is -2.26. The van der Waals surface area contributed by atoms with Gasteiger partial charge in [-0.05, 0) is 30.3 Å². The summed E-state index contributed by atoms with van der Waals surface area (Å²) in [6.07, 6.45) is 0. The molecular formula is C18H16N2O4. The third-order valence-electron chi connectivity index (χ3n) is 3.76. The summed E-state index contributed by atoms with van der Waals surface area (Å²) in [5, 5.41) is 13.0. The van der Waals surface area contributed by atoms with E-state index >= 15 is 0 Å². The van der Waals surface area contributed by atoms with E-state index in [0.717, 1.165) is 0 Å². The number of nitrogens with one attached hydrogen (secondary N) is 2. The highest BCUT2D eigenvalue weighted by atomic mass is 16.5. The van der Waals surface area contributed by atoms with E-state index in [1.807, 2.05) is 0 Å². The van der Waals surface area contributed by atoms with E-state index in [4.69, 9.17) is 4.74 Å². The van der Waals surface area contributed by atoms with Crippen LogP contribution < -0.4 is 15.6 Å². The average molecular weight is 324 g/mol. The van der Waals surface area contributed by atoms with Crippen molar-refractivity contribution >= 4 is 22.5 Å². The fourth-order valence-electron chi connectivity index (χ4n) is 2.58. The number of H-pyrrole nitrogens is 1. The van der Waals surface area contributed by atoms with E-state index in [1.165, 1.54) is 0 Å². The predicted molar refractivity (Wildman–Crippen MR) is 91.4 cm³/mol. The maximum atomic E-state index is 12.5. The summed E-state index contributed by atoms with van der Waals surface area (Å²) in [6, 6.07) is 13.8. The van der Waals surface area contributed by atoms with Crippen molar-refractivity contribution in [2.75, 3.05) is 12.4 Å². The second-order valence-corrected chi connectivity index (χ2v) is 5.19. The van der Waals surface area contributed by atoms with E-state index < -0.39 is 18.1 Å². The maximum Gasteiger partial charge on any atom is 0.261 e. The number of anilines is 1. The molecule has 0 saturated carbocycles. The Morgan fingerprint density at radius 3 is 2.54 bits per heavy atom. The number of aromatic amines is 1. The Bertz CT molecular complexity index is 945. The number of amides is 1. The Morgan fingerprint density at radius 1 is 1.17 bits per heavy atom. The van der Waals surface area contributed by atoms with E-state index in [1.54, 1.807) is 55.6 Å². The molecule has 3 rings (SSSR count). The van der Waals surface area contributed by atoms with Crippen LogP contribution in [-0.2, 0) is 6.61 Å². The molecule has 3 aromatic rings. The smallest absolute Gasteiger partial charge is 0.261 e. The van der Waals surface area contributed by atoms with Gasteiger partial charge in [-0.1, -0.05) is 18.2 Å². The summed E-state index contributed by atoms with van der Waals surface area (Å²) >= 11 is 0. The molecule has 3 N–H and O–H groups in total. The fourth-order valence-corrected chi connectivity index (χ4v) is 2.58. The van der Waals surface area contributed by atoms with Gasteiger partial charge >= 0.3 is 0 Å². The number of ether oxygens (including phenoxy) is 1. The van der Waals surface area contributed by atoms with Crippen LogP contribution in [0.1, 0.15) is 15.9 Å². The summed E-state index contributed by atoms with van der Waals surface area (Å²) in [5.41, 5.74) is 0.779. The minimum absolute atomic E-state index is 0.0907. The molecule has 0 fully saturated rings. The quantitative estimate of drug-likeness (QED) is 0.686. The van der Waals surface area contributed by atoms with Crippen LogP contribution in [0.2, 0.25) is 0 Å². The Morgan fingerprint density at radius 2 is 1.88 bits per heavy atom. The number of carbonyl (C=O) groups excluding carboxylic acids is 1. The van der Waals surface area contributed by atoms with Gasteiger partial charge in [0.2, 0.25) is 0 Å². The van der Waals surface area contributed by atoms with Crippen molar-refractivity contribution in [1.82, 2.24) is 4.98 Å². The molecule has 1 aromatic heterocycles. The second-order valence-electron chi connectivity index (χ2n) is 5.19. The second kappa shape index (κ2) is 6.55. The van der Waals surface area contributed by atoms with Gasteiger partial charge in [-0.3, -0.25) is 9.59 Å². The first-order chi connectivity index (χ1) is 11.6. The van der Waals surface area contributed by atoms with Gasteiger partial charge in [0.05, 0.1) is 13.7 Å². The molecule has 0 spiro atoms. The molecule has 1 amide bonds. The number of para-hydroxylation sites is 1. The molecule has 0 unspecified atom stereocenters. The Balaban J connectivity index is 2.02. The van der Waals surface area contributed by atoms with Crippen LogP contribution in [0.3, 0.4) is 0 Å². The van der Waals surface area contributed by atoms with Gasteiger partial charge in [0.1, 0.15) is 11.3 Å². The summed E-state index contributed by atoms with van der Waals surface area (Å²) in [6.45, 7) is -0.407. The standard InChI is InChI=1S/C18H16N2O4/c1-24-12-8-6-11(7-9-12)19-17(22)16-14(10-21)13-4-2-3-5-15(13)20-18(16)23/h2-9,21H,10H2,1H3,(H,19,22)(H,20,23). The van der Waals surface area contributed by atoms with Crippen molar-refractivity contribution in [3.05, 3.63) is 70.0 Å². The van der Waals surface area contributed by atoms with Gasteiger partial charge in [0.25, 0.3) is 11.5 Å². The number of rotatable bonds is 4. The molecule has 0 aliphatic carbocycles. The molecule has 0 bridgehead atoms. The van der Waals surface area contributed by atoms with Crippen molar-refractivity contribution in [1.29, 1.82) is 0 Å². The third-order valence-corrected chi connectivity index (χ3v) is 3.76. The molecule has 0 atom stereocenters. The summed E-state index contributed by atoms with van der Waals surface area (Å²) in [5.74, 6) is 0.0869. The zero-order chi connectivity index (χ0) is 17.1. The predicted octanol–water partition coefficient (Wildman–Crippen LogP) is 2.28. The molecule has 1 heterocycles. The Hall–Kier alpha value is -3.12. The van der Waals surface area contributed by atoms with Crippen LogP contribution in [0.4, 0.5) is 5.69 Å². The largest absolute Gasteiger partial charge is 0.497 e. The van der Waals surface area contributed by atoms with Crippen LogP contribution in [0.25, 0.3) is 10.9 Å². The minimum atomic E-state index is -0.573. The number of aliphatic hydroxyl groups is 1. The highest BCUT2D eigenvalue weighted by Crippen LogP contribution is 2.20. The summed E-state index contributed by atoms with van der Waals surface area (Å²) in [7, 11) is 1.55. The molecule has 6 heteroatoms. The monoisotopic (exact) mass is 324 g/mol. The average Bonchev–Trinajstić information content (AvgIpc) is 2.61. The first-order valence-corrected chi connectivity index (χ1v) is 7.34. The number of hydrogen-bond donors (Lipinski definition) is 3. The summed E-state index contributed by atoms with van der Waals surface area (Å²) in [4.78, 5) is 27.5. The zero-order valence-electron chi connectivity index (χ0n) is 13.0.